The molecule has 0 spiro atoms. The third-order valence-corrected chi connectivity index (χ3v) is 6.60. The smallest absolute Gasteiger partial charge is 0.347 e. The van der Waals surface area contributed by atoms with Crippen LogP contribution in [0.5, 0.6) is 11.5 Å². The van der Waals surface area contributed by atoms with E-state index in [0.717, 1.165) is 25.7 Å². The van der Waals surface area contributed by atoms with Crippen LogP contribution in [0.4, 0.5) is 0 Å². The molecule has 0 saturated heterocycles. The molecular formula is C28H32ClN3O5. The fraction of sp³-hybridized carbons (Fsp3) is 0.429. The van der Waals surface area contributed by atoms with Gasteiger partial charge in [0, 0.05) is 5.92 Å². The lowest BCUT2D eigenvalue weighted by Gasteiger charge is -2.22. The van der Waals surface area contributed by atoms with Crippen molar-refractivity contribution in [3.8, 4) is 11.5 Å². The number of hydrogen-bond acceptors (Lipinski definition) is 7. The predicted molar refractivity (Wildman–Crippen MR) is 144 cm³/mol. The first-order chi connectivity index (χ1) is 17.9. The first kappa shape index (κ1) is 26.7. The zero-order valence-electron chi connectivity index (χ0n) is 21.4. The Morgan fingerprint density at radius 1 is 1.19 bits per heavy atom. The maximum atomic E-state index is 13.4. The van der Waals surface area contributed by atoms with Crippen molar-refractivity contribution >= 4 is 34.7 Å². The van der Waals surface area contributed by atoms with E-state index in [9.17, 15) is 9.59 Å². The standard InChI is InChI=1S/C28H32ClN3O5/c1-4-35-24-16-19(15-22(29)25(24)37-18(3)28(34)36-5-2)17-30-32-26(20-11-7-6-8-12-20)31-23-14-10-9-13-21(23)27(32)33/h9-10,13-18,20H,4-8,11-12H2,1-3H3/t18-/m0/s1. The van der Waals surface area contributed by atoms with Gasteiger partial charge in [-0.3, -0.25) is 4.79 Å². The highest BCUT2D eigenvalue weighted by molar-refractivity contribution is 6.32. The molecule has 1 atom stereocenters. The lowest BCUT2D eigenvalue weighted by molar-refractivity contribution is -0.150. The van der Waals surface area contributed by atoms with Crippen molar-refractivity contribution in [3.05, 3.63) is 63.2 Å². The first-order valence-electron chi connectivity index (χ1n) is 12.8. The Hall–Kier alpha value is -3.39. The summed E-state index contributed by atoms with van der Waals surface area (Å²) in [6.45, 7) is 5.77. The minimum atomic E-state index is -0.864. The lowest BCUT2D eigenvalue weighted by Crippen LogP contribution is -2.26. The zero-order valence-corrected chi connectivity index (χ0v) is 22.2. The fourth-order valence-electron chi connectivity index (χ4n) is 4.53. The molecule has 196 valence electrons. The Kier molecular flexibility index (Phi) is 8.82. The predicted octanol–water partition coefficient (Wildman–Crippen LogP) is 5.71. The lowest BCUT2D eigenvalue weighted by atomic mass is 9.88. The Morgan fingerprint density at radius 2 is 1.95 bits per heavy atom. The maximum Gasteiger partial charge on any atom is 0.347 e. The summed E-state index contributed by atoms with van der Waals surface area (Å²) in [6.07, 6.45) is 6.07. The topological polar surface area (TPSA) is 92.0 Å². The second-order valence-corrected chi connectivity index (χ2v) is 9.37. The number of hydrogen-bond donors (Lipinski definition) is 0. The number of halogens is 1. The second-order valence-electron chi connectivity index (χ2n) is 8.96. The SMILES string of the molecule is CCOC(=O)[C@H](C)Oc1c(Cl)cc(C=Nn2c(C3CCCCC3)nc3ccccc3c2=O)cc1OCC. The molecule has 37 heavy (non-hydrogen) atoms. The third-order valence-electron chi connectivity index (χ3n) is 6.32. The van der Waals surface area contributed by atoms with Crippen LogP contribution in [-0.2, 0) is 9.53 Å². The summed E-state index contributed by atoms with van der Waals surface area (Å²) >= 11 is 6.54. The number of benzene rings is 2. The number of ether oxygens (including phenoxy) is 3. The molecule has 0 radical (unpaired) electrons. The van der Waals surface area contributed by atoms with Crippen LogP contribution >= 0.6 is 11.6 Å². The van der Waals surface area contributed by atoms with Gasteiger partial charge in [0.25, 0.3) is 5.56 Å². The van der Waals surface area contributed by atoms with E-state index in [-0.39, 0.29) is 28.9 Å². The minimum absolute atomic E-state index is 0.172. The molecule has 0 aliphatic heterocycles. The largest absolute Gasteiger partial charge is 0.490 e. The second kappa shape index (κ2) is 12.2. The van der Waals surface area contributed by atoms with Crippen LogP contribution < -0.4 is 15.0 Å². The molecule has 0 bridgehead atoms. The summed E-state index contributed by atoms with van der Waals surface area (Å²) < 4.78 is 18.0. The van der Waals surface area contributed by atoms with Gasteiger partial charge in [-0.05, 0) is 63.4 Å². The van der Waals surface area contributed by atoms with Gasteiger partial charge in [-0.25, -0.2) is 9.78 Å². The van der Waals surface area contributed by atoms with Gasteiger partial charge in [0.2, 0.25) is 0 Å². The molecule has 2 aromatic carbocycles. The number of esters is 1. The van der Waals surface area contributed by atoms with Gasteiger partial charge in [0.05, 0.1) is 35.4 Å². The summed E-state index contributed by atoms with van der Waals surface area (Å²) in [5.41, 5.74) is 1.08. The number of nitrogens with zero attached hydrogens (tertiary/aromatic N) is 3. The van der Waals surface area contributed by atoms with Crippen molar-refractivity contribution < 1.29 is 19.0 Å². The molecule has 1 aromatic heterocycles. The average molecular weight is 526 g/mol. The van der Waals surface area contributed by atoms with E-state index in [2.05, 4.69) is 5.10 Å². The Labute approximate surface area is 221 Å². The molecule has 1 fully saturated rings. The molecule has 8 nitrogen and oxygen atoms in total. The normalized spacial score (nSPS) is 15.1. The minimum Gasteiger partial charge on any atom is -0.490 e. The quantitative estimate of drug-likeness (QED) is 0.262. The zero-order chi connectivity index (χ0) is 26.4. The Balaban J connectivity index is 1.72. The molecule has 0 N–H and O–H groups in total. The molecule has 9 heteroatoms. The van der Waals surface area contributed by atoms with Gasteiger partial charge in [0.1, 0.15) is 5.82 Å². The summed E-state index contributed by atoms with van der Waals surface area (Å²) in [4.78, 5) is 30.3. The number of rotatable bonds is 9. The highest BCUT2D eigenvalue weighted by Crippen LogP contribution is 2.37. The van der Waals surface area contributed by atoms with Crippen molar-refractivity contribution in [2.24, 2.45) is 5.10 Å². The van der Waals surface area contributed by atoms with E-state index in [1.807, 2.05) is 25.1 Å². The molecular weight excluding hydrogens is 494 g/mol. The summed E-state index contributed by atoms with van der Waals surface area (Å²) in [6, 6.07) is 10.7. The van der Waals surface area contributed by atoms with Gasteiger partial charge in [-0.15, -0.1) is 0 Å². The number of aromatic nitrogens is 2. The number of fused-ring (bicyclic) bond motifs is 1. The van der Waals surface area contributed by atoms with Gasteiger partial charge in [0.15, 0.2) is 17.6 Å². The molecule has 1 heterocycles. The van der Waals surface area contributed by atoms with Gasteiger partial charge >= 0.3 is 5.97 Å². The van der Waals surface area contributed by atoms with E-state index in [1.54, 1.807) is 38.3 Å². The van der Waals surface area contributed by atoms with E-state index in [4.69, 9.17) is 30.8 Å². The maximum absolute atomic E-state index is 13.4. The number of carbonyl (C=O) groups excluding carboxylic acids is 1. The third kappa shape index (κ3) is 6.13. The Morgan fingerprint density at radius 3 is 2.68 bits per heavy atom. The summed E-state index contributed by atoms with van der Waals surface area (Å²) in [7, 11) is 0. The molecule has 0 amide bonds. The highest BCUT2D eigenvalue weighted by atomic mass is 35.5. The van der Waals surface area contributed by atoms with Gasteiger partial charge in [-0.2, -0.15) is 9.78 Å². The molecule has 0 unspecified atom stereocenters. The van der Waals surface area contributed by atoms with Crippen molar-refractivity contribution in [1.82, 2.24) is 9.66 Å². The first-order valence-corrected chi connectivity index (χ1v) is 13.2. The molecule has 1 saturated carbocycles. The van der Waals surface area contributed by atoms with Gasteiger partial charge < -0.3 is 14.2 Å². The summed E-state index contributed by atoms with van der Waals surface area (Å²) in [5.74, 6) is 0.965. The number of carbonyl (C=O) groups is 1. The Bertz CT molecular complexity index is 1350. The monoisotopic (exact) mass is 525 g/mol. The fourth-order valence-corrected chi connectivity index (χ4v) is 4.79. The van der Waals surface area contributed by atoms with Crippen LogP contribution in [0.1, 0.15) is 70.2 Å². The van der Waals surface area contributed by atoms with E-state index >= 15 is 0 Å². The van der Waals surface area contributed by atoms with E-state index in [0.29, 0.717) is 34.6 Å². The van der Waals surface area contributed by atoms with E-state index in [1.165, 1.54) is 11.1 Å². The van der Waals surface area contributed by atoms with Crippen LogP contribution in [0.3, 0.4) is 0 Å². The molecule has 1 aliphatic carbocycles. The van der Waals surface area contributed by atoms with Crippen LogP contribution in [-0.4, -0.2) is 41.2 Å². The van der Waals surface area contributed by atoms with Crippen LogP contribution in [0.25, 0.3) is 10.9 Å². The van der Waals surface area contributed by atoms with Gasteiger partial charge in [-0.1, -0.05) is 43.0 Å². The van der Waals surface area contributed by atoms with Crippen molar-refractivity contribution in [2.45, 2.75) is 64.9 Å². The molecule has 1 aliphatic rings. The van der Waals surface area contributed by atoms with Crippen LogP contribution in [0.15, 0.2) is 46.3 Å². The highest BCUT2D eigenvalue weighted by Gasteiger charge is 2.23. The number of para-hydroxylation sites is 1. The summed E-state index contributed by atoms with van der Waals surface area (Å²) in [5, 5.41) is 5.34. The van der Waals surface area contributed by atoms with Crippen molar-refractivity contribution in [1.29, 1.82) is 0 Å². The average Bonchev–Trinajstić information content (AvgIpc) is 2.90. The molecule has 4 rings (SSSR count). The molecule has 3 aromatic rings. The van der Waals surface area contributed by atoms with E-state index < -0.39 is 12.1 Å². The van der Waals surface area contributed by atoms with Crippen molar-refractivity contribution in [2.75, 3.05) is 13.2 Å². The van der Waals surface area contributed by atoms with Crippen LogP contribution in [0.2, 0.25) is 5.02 Å². The van der Waals surface area contributed by atoms with Crippen LogP contribution in [0, 0.1) is 0 Å². The van der Waals surface area contributed by atoms with Crippen molar-refractivity contribution in [3.63, 3.8) is 0 Å².